The van der Waals surface area contributed by atoms with E-state index in [1.807, 2.05) is 0 Å². The van der Waals surface area contributed by atoms with Crippen LogP contribution in [0.15, 0.2) is 18.2 Å². The second-order valence-electron chi connectivity index (χ2n) is 6.69. The number of hydrogen-bond donors (Lipinski definition) is 1. The molecule has 0 radical (unpaired) electrons. The fraction of sp³-hybridized carbons (Fsp3) is 0.474. The molecule has 0 amide bonds. The van der Waals surface area contributed by atoms with Crippen LogP contribution in [0, 0.1) is 11.6 Å². The maximum Gasteiger partial charge on any atom is 0.167 e. The number of halogens is 2. The third-order valence-corrected chi connectivity index (χ3v) is 5.01. The highest BCUT2D eigenvalue weighted by Gasteiger charge is 2.24. The highest BCUT2D eigenvalue weighted by atomic mass is 19.1. The van der Waals surface area contributed by atoms with Gasteiger partial charge >= 0.3 is 0 Å². The highest BCUT2D eigenvalue weighted by molar-refractivity contribution is 5.62. The van der Waals surface area contributed by atoms with E-state index in [2.05, 4.69) is 20.2 Å². The predicted molar refractivity (Wildman–Crippen MR) is 93.7 cm³/mol. The molecule has 4 rings (SSSR count). The summed E-state index contributed by atoms with van der Waals surface area (Å²) < 4.78 is 28.6. The molecule has 1 aliphatic heterocycles. The molecule has 1 saturated heterocycles. The van der Waals surface area contributed by atoms with Crippen LogP contribution < -0.4 is 10.2 Å². The Morgan fingerprint density at radius 1 is 0.920 bits per heavy atom. The van der Waals surface area contributed by atoms with Crippen LogP contribution in [-0.4, -0.2) is 36.1 Å². The molecule has 0 spiro atoms. The first-order chi connectivity index (χ1) is 12.2. The van der Waals surface area contributed by atoms with Crippen LogP contribution in [0.3, 0.4) is 0 Å². The number of fused-ring (bicyclic) bond motifs is 1. The Morgan fingerprint density at radius 2 is 1.64 bits per heavy atom. The number of nitrogens with one attached hydrogen (secondary N) is 1. The number of anilines is 1. The molecule has 2 heterocycles. The van der Waals surface area contributed by atoms with Gasteiger partial charge in [-0.1, -0.05) is 12.5 Å². The van der Waals surface area contributed by atoms with Crippen LogP contribution in [0.1, 0.15) is 30.5 Å². The zero-order chi connectivity index (χ0) is 17.2. The minimum absolute atomic E-state index is 0.120. The molecule has 132 valence electrons. The largest absolute Gasteiger partial charge is 0.354 e. The molecule has 1 aliphatic carbocycles. The quantitative estimate of drug-likeness (QED) is 0.850. The zero-order valence-electron chi connectivity index (χ0n) is 14.2. The van der Waals surface area contributed by atoms with Gasteiger partial charge in [-0.05, 0) is 37.8 Å². The van der Waals surface area contributed by atoms with Gasteiger partial charge in [0.05, 0.1) is 5.56 Å². The van der Waals surface area contributed by atoms with Gasteiger partial charge in [-0.3, -0.25) is 0 Å². The number of aryl methyl sites for hydroxylation is 1. The van der Waals surface area contributed by atoms with Crippen LogP contribution in [0.4, 0.5) is 14.6 Å². The molecule has 0 bridgehead atoms. The van der Waals surface area contributed by atoms with Crippen molar-refractivity contribution in [3.05, 3.63) is 41.1 Å². The summed E-state index contributed by atoms with van der Waals surface area (Å²) >= 11 is 0. The number of nitrogens with zero attached hydrogens (tertiary/aromatic N) is 3. The van der Waals surface area contributed by atoms with Crippen molar-refractivity contribution in [1.29, 1.82) is 0 Å². The Morgan fingerprint density at radius 3 is 2.40 bits per heavy atom. The first-order valence-electron chi connectivity index (χ1n) is 9.04. The van der Waals surface area contributed by atoms with E-state index in [1.165, 1.54) is 23.8 Å². The van der Waals surface area contributed by atoms with E-state index in [4.69, 9.17) is 0 Å². The van der Waals surface area contributed by atoms with Gasteiger partial charge in [0.15, 0.2) is 5.82 Å². The van der Waals surface area contributed by atoms with E-state index in [9.17, 15) is 8.78 Å². The summed E-state index contributed by atoms with van der Waals surface area (Å²) in [4.78, 5) is 11.5. The number of piperazine rings is 1. The van der Waals surface area contributed by atoms with Gasteiger partial charge in [-0.25, -0.2) is 18.7 Å². The SMILES string of the molecule is Fc1cccc(F)c1-c1nc2c(c(N3CCNCC3)n1)CCCCC2. The smallest absolute Gasteiger partial charge is 0.167 e. The number of rotatable bonds is 2. The van der Waals surface area contributed by atoms with Crippen LogP contribution in [0.2, 0.25) is 0 Å². The van der Waals surface area contributed by atoms with Gasteiger partial charge < -0.3 is 10.2 Å². The van der Waals surface area contributed by atoms with E-state index in [0.29, 0.717) is 0 Å². The lowest BCUT2D eigenvalue weighted by Gasteiger charge is -2.31. The predicted octanol–water partition coefficient (Wildman–Crippen LogP) is 3.10. The molecule has 1 N–H and O–H groups in total. The van der Waals surface area contributed by atoms with Gasteiger partial charge in [-0.2, -0.15) is 0 Å². The molecule has 2 aliphatic rings. The van der Waals surface area contributed by atoms with Crippen molar-refractivity contribution in [2.24, 2.45) is 0 Å². The second-order valence-corrected chi connectivity index (χ2v) is 6.69. The molecular formula is C19H22F2N4. The third-order valence-electron chi connectivity index (χ3n) is 5.01. The van der Waals surface area contributed by atoms with Gasteiger partial charge in [0.1, 0.15) is 17.5 Å². The van der Waals surface area contributed by atoms with Crippen LogP contribution in [0.25, 0.3) is 11.4 Å². The van der Waals surface area contributed by atoms with Crippen LogP contribution >= 0.6 is 0 Å². The third kappa shape index (κ3) is 3.23. The lowest BCUT2D eigenvalue weighted by molar-refractivity contribution is 0.578. The van der Waals surface area contributed by atoms with Crippen molar-refractivity contribution in [3.8, 4) is 11.4 Å². The fourth-order valence-corrected chi connectivity index (χ4v) is 3.71. The Kier molecular flexibility index (Phi) is 4.61. The van der Waals surface area contributed by atoms with Crippen LogP contribution in [0.5, 0.6) is 0 Å². The molecule has 0 atom stereocenters. The van der Waals surface area contributed by atoms with E-state index >= 15 is 0 Å². The Balaban J connectivity index is 1.87. The molecule has 1 aromatic carbocycles. The average molecular weight is 344 g/mol. The maximum absolute atomic E-state index is 14.3. The summed E-state index contributed by atoms with van der Waals surface area (Å²) in [5.74, 6) is -0.185. The Bertz CT molecular complexity index is 752. The van der Waals surface area contributed by atoms with E-state index in [1.54, 1.807) is 0 Å². The number of aromatic nitrogens is 2. The van der Waals surface area contributed by atoms with Crippen molar-refractivity contribution in [2.45, 2.75) is 32.1 Å². The minimum Gasteiger partial charge on any atom is -0.354 e. The molecule has 1 fully saturated rings. The Hall–Kier alpha value is -2.08. The van der Waals surface area contributed by atoms with Crippen molar-refractivity contribution >= 4 is 5.82 Å². The molecule has 25 heavy (non-hydrogen) atoms. The minimum atomic E-state index is -0.611. The van der Waals surface area contributed by atoms with Crippen molar-refractivity contribution in [1.82, 2.24) is 15.3 Å². The molecular weight excluding hydrogens is 322 g/mol. The standard InChI is InChI=1S/C19H22F2N4/c20-14-6-4-7-15(21)17(14)18-23-16-8-3-1-2-5-13(16)19(24-18)25-11-9-22-10-12-25/h4,6-7,22H,1-3,5,8-12H2. The maximum atomic E-state index is 14.3. The second kappa shape index (κ2) is 7.04. The molecule has 1 aromatic heterocycles. The summed E-state index contributed by atoms with van der Waals surface area (Å²) in [5, 5.41) is 3.34. The van der Waals surface area contributed by atoms with Crippen molar-refractivity contribution in [3.63, 3.8) is 0 Å². The van der Waals surface area contributed by atoms with Crippen LogP contribution in [-0.2, 0) is 12.8 Å². The first kappa shape index (κ1) is 16.4. The molecule has 4 nitrogen and oxygen atoms in total. The van der Waals surface area contributed by atoms with E-state index in [-0.39, 0.29) is 11.4 Å². The lowest BCUT2D eigenvalue weighted by Crippen LogP contribution is -2.44. The summed E-state index contributed by atoms with van der Waals surface area (Å²) in [7, 11) is 0. The summed E-state index contributed by atoms with van der Waals surface area (Å²) in [6.45, 7) is 3.48. The topological polar surface area (TPSA) is 41.1 Å². The normalized spacial score (nSPS) is 17.9. The number of benzene rings is 1. The monoisotopic (exact) mass is 344 g/mol. The van der Waals surface area contributed by atoms with E-state index in [0.717, 1.165) is 69.8 Å². The van der Waals surface area contributed by atoms with E-state index < -0.39 is 11.6 Å². The van der Waals surface area contributed by atoms with Gasteiger partial charge in [0.25, 0.3) is 0 Å². The summed E-state index contributed by atoms with van der Waals surface area (Å²) in [6, 6.07) is 3.89. The lowest BCUT2D eigenvalue weighted by atomic mass is 10.1. The molecule has 2 aromatic rings. The van der Waals surface area contributed by atoms with Gasteiger partial charge in [0, 0.05) is 37.4 Å². The number of hydrogen-bond acceptors (Lipinski definition) is 4. The Labute approximate surface area is 146 Å². The molecule has 6 heteroatoms. The van der Waals surface area contributed by atoms with Crippen molar-refractivity contribution in [2.75, 3.05) is 31.1 Å². The first-order valence-corrected chi connectivity index (χ1v) is 9.04. The van der Waals surface area contributed by atoms with Gasteiger partial charge in [0.2, 0.25) is 0 Å². The molecule has 0 saturated carbocycles. The summed E-state index contributed by atoms with van der Waals surface area (Å²) in [5.41, 5.74) is 2.00. The molecule has 0 unspecified atom stereocenters. The fourth-order valence-electron chi connectivity index (χ4n) is 3.71. The van der Waals surface area contributed by atoms with Crippen molar-refractivity contribution < 1.29 is 8.78 Å². The highest BCUT2D eigenvalue weighted by Crippen LogP contribution is 2.32. The zero-order valence-corrected chi connectivity index (χ0v) is 14.2. The average Bonchev–Trinajstić information content (AvgIpc) is 2.87. The summed E-state index contributed by atoms with van der Waals surface area (Å²) in [6.07, 6.45) is 5.11. The van der Waals surface area contributed by atoms with Gasteiger partial charge in [-0.15, -0.1) is 0 Å².